The highest BCUT2D eigenvalue weighted by atomic mass is 32.1. The Bertz CT molecular complexity index is 921. The molecule has 0 amide bonds. The fourth-order valence-corrected chi connectivity index (χ4v) is 3.86. The van der Waals surface area contributed by atoms with Crippen molar-refractivity contribution in [2.45, 2.75) is 6.92 Å². The zero-order valence-corrected chi connectivity index (χ0v) is 11.9. The maximum atomic E-state index is 4.54. The van der Waals surface area contributed by atoms with Crippen molar-refractivity contribution in [2.24, 2.45) is 0 Å². The first-order valence-corrected chi connectivity index (χ1v) is 7.48. The third-order valence-electron chi connectivity index (χ3n) is 3.60. The molecular weight excluding hydrogens is 262 g/mol. The molecule has 0 aliphatic carbocycles. The molecule has 4 rings (SSSR count). The van der Waals surface area contributed by atoms with Crippen molar-refractivity contribution in [1.29, 1.82) is 0 Å². The number of aryl methyl sites for hydroxylation is 1. The molecule has 0 spiro atoms. The Balaban J connectivity index is 2.10. The van der Waals surface area contributed by atoms with Gasteiger partial charge in [0.15, 0.2) is 0 Å². The van der Waals surface area contributed by atoms with E-state index in [1.807, 2.05) is 23.6 Å². The number of pyridine rings is 1. The molecule has 2 aromatic heterocycles. The van der Waals surface area contributed by atoms with Crippen LogP contribution < -0.4 is 0 Å². The number of hydrogen-bond acceptors (Lipinski definition) is 2. The molecule has 0 aliphatic heterocycles. The predicted molar refractivity (Wildman–Crippen MR) is 87.3 cm³/mol. The van der Waals surface area contributed by atoms with Gasteiger partial charge in [0.2, 0.25) is 0 Å². The lowest BCUT2D eigenvalue weighted by Crippen LogP contribution is -1.84. The first-order valence-electron chi connectivity index (χ1n) is 6.66. The molecule has 4 aromatic rings. The van der Waals surface area contributed by atoms with Gasteiger partial charge in [0.05, 0.1) is 5.69 Å². The maximum Gasteiger partial charge on any atom is 0.0719 e. The molecule has 0 fully saturated rings. The lowest BCUT2D eigenvalue weighted by Gasteiger charge is -2.03. The second-order valence-corrected chi connectivity index (χ2v) is 6.05. The summed E-state index contributed by atoms with van der Waals surface area (Å²) < 4.78 is 2.66. The second kappa shape index (κ2) is 4.43. The fourth-order valence-electron chi connectivity index (χ4n) is 2.63. The highest BCUT2D eigenvalue weighted by Gasteiger charge is 2.10. The topological polar surface area (TPSA) is 12.9 Å². The van der Waals surface area contributed by atoms with E-state index in [0.717, 1.165) is 5.69 Å². The molecule has 0 atom stereocenters. The highest BCUT2D eigenvalue weighted by Crippen LogP contribution is 2.39. The van der Waals surface area contributed by atoms with Crippen molar-refractivity contribution >= 4 is 31.5 Å². The molecular formula is C18H13NS. The lowest BCUT2D eigenvalue weighted by molar-refractivity contribution is 1.29. The summed E-state index contributed by atoms with van der Waals surface area (Å²) in [7, 11) is 0. The monoisotopic (exact) mass is 275 g/mol. The zero-order valence-electron chi connectivity index (χ0n) is 11.1. The van der Waals surface area contributed by atoms with Crippen LogP contribution in [-0.4, -0.2) is 4.98 Å². The van der Waals surface area contributed by atoms with Gasteiger partial charge in [0.25, 0.3) is 0 Å². The van der Waals surface area contributed by atoms with Gasteiger partial charge >= 0.3 is 0 Å². The molecule has 20 heavy (non-hydrogen) atoms. The van der Waals surface area contributed by atoms with E-state index in [9.17, 15) is 0 Å². The van der Waals surface area contributed by atoms with Crippen LogP contribution in [0, 0.1) is 6.92 Å². The molecule has 0 radical (unpaired) electrons. The van der Waals surface area contributed by atoms with Gasteiger partial charge in [-0.2, -0.15) is 0 Å². The van der Waals surface area contributed by atoms with E-state index in [-0.39, 0.29) is 0 Å². The van der Waals surface area contributed by atoms with Crippen LogP contribution >= 0.6 is 11.3 Å². The number of thiophene rings is 1. The Hall–Kier alpha value is -2.19. The molecule has 0 aliphatic rings. The van der Waals surface area contributed by atoms with Crippen LogP contribution in [0.3, 0.4) is 0 Å². The van der Waals surface area contributed by atoms with E-state index in [2.05, 4.69) is 60.4 Å². The van der Waals surface area contributed by atoms with E-state index < -0.39 is 0 Å². The fraction of sp³-hybridized carbons (Fsp3) is 0.0556. The van der Waals surface area contributed by atoms with Crippen molar-refractivity contribution < 1.29 is 0 Å². The van der Waals surface area contributed by atoms with Gasteiger partial charge in [-0.05, 0) is 30.7 Å². The van der Waals surface area contributed by atoms with Crippen molar-refractivity contribution in [1.82, 2.24) is 4.98 Å². The van der Waals surface area contributed by atoms with E-state index >= 15 is 0 Å². The quantitative estimate of drug-likeness (QED) is 0.451. The molecule has 2 aromatic carbocycles. The molecule has 0 bridgehead atoms. The van der Waals surface area contributed by atoms with Crippen LogP contribution in [0.5, 0.6) is 0 Å². The third-order valence-corrected chi connectivity index (χ3v) is 4.82. The molecule has 96 valence electrons. The largest absolute Gasteiger partial charge is 0.256 e. The van der Waals surface area contributed by atoms with Crippen LogP contribution in [0.2, 0.25) is 0 Å². The first kappa shape index (κ1) is 11.6. The number of aromatic nitrogens is 1. The van der Waals surface area contributed by atoms with Crippen LogP contribution in [0.15, 0.2) is 60.8 Å². The Morgan fingerprint density at radius 2 is 1.75 bits per heavy atom. The second-order valence-electron chi connectivity index (χ2n) is 5.00. The molecule has 2 heteroatoms. The number of rotatable bonds is 1. The van der Waals surface area contributed by atoms with Crippen molar-refractivity contribution in [2.75, 3.05) is 0 Å². The molecule has 0 unspecified atom stereocenters. The van der Waals surface area contributed by atoms with E-state index in [4.69, 9.17) is 0 Å². The van der Waals surface area contributed by atoms with E-state index in [0.29, 0.717) is 0 Å². The number of hydrogen-bond donors (Lipinski definition) is 0. The minimum atomic E-state index is 1.06. The van der Waals surface area contributed by atoms with E-state index in [1.165, 1.54) is 31.3 Å². The number of benzene rings is 2. The summed E-state index contributed by atoms with van der Waals surface area (Å²) in [6.07, 6.45) is 1.89. The maximum absolute atomic E-state index is 4.54. The standard InChI is InChI=1S/C18H13NS/c1-12-9-10-19-16(11-12)15-7-4-6-14-13-5-2-3-8-17(13)20-18(14)15/h2-11H,1H3. The summed E-state index contributed by atoms with van der Waals surface area (Å²) in [5, 5.41) is 2.66. The Morgan fingerprint density at radius 1 is 0.900 bits per heavy atom. The summed E-state index contributed by atoms with van der Waals surface area (Å²) >= 11 is 1.85. The number of nitrogens with zero attached hydrogens (tertiary/aromatic N) is 1. The molecule has 2 heterocycles. The van der Waals surface area contributed by atoms with Gasteiger partial charge in [-0.15, -0.1) is 11.3 Å². The third kappa shape index (κ3) is 1.73. The average molecular weight is 275 g/mol. The summed E-state index contributed by atoms with van der Waals surface area (Å²) in [5.41, 5.74) is 3.53. The van der Waals surface area contributed by atoms with Gasteiger partial charge in [-0.1, -0.05) is 36.4 Å². The van der Waals surface area contributed by atoms with Crippen LogP contribution in [0.1, 0.15) is 5.56 Å². The van der Waals surface area contributed by atoms with Crippen molar-refractivity contribution in [3.05, 3.63) is 66.4 Å². The van der Waals surface area contributed by atoms with Gasteiger partial charge in [-0.25, -0.2) is 0 Å². The Morgan fingerprint density at radius 3 is 2.65 bits per heavy atom. The summed E-state index contributed by atoms with van der Waals surface area (Å²) in [5.74, 6) is 0. The van der Waals surface area contributed by atoms with Crippen molar-refractivity contribution in [3.8, 4) is 11.3 Å². The van der Waals surface area contributed by atoms with Crippen molar-refractivity contribution in [3.63, 3.8) is 0 Å². The number of fused-ring (bicyclic) bond motifs is 3. The lowest BCUT2D eigenvalue weighted by atomic mass is 10.1. The summed E-state index contributed by atoms with van der Waals surface area (Å²) in [6.45, 7) is 2.11. The highest BCUT2D eigenvalue weighted by molar-refractivity contribution is 7.26. The molecule has 0 N–H and O–H groups in total. The minimum Gasteiger partial charge on any atom is -0.256 e. The first-order chi connectivity index (χ1) is 9.83. The normalized spacial score (nSPS) is 11.2. The SMILES string of the molecule is Cc1ccnc(-c2cccc3c2sc2ccccc23)c1. The van der Waals surface area contributed by atoms with Crippen LogP contribution in [-0.2, 0) is 0 Å². The summed E-state index contributed by atoms with van der Waals surface area (Å²) in [4.78, 5) is 4.54. The molecule has 0 saturated heterocycles. The van der Waals surface area contributed by atoms with Crippen LogP contribution in [0.4, 0.5) is 0 Å². The Kier molecular flexibility index (Phi) is 2.57. The molecule has 1 nitrogen and oxygen atoms in total. The molecule has 0 saturated carbocycles. The Labute approximate surface area is 121 Å². The van der Waals surface area contributed by atoms with Gasteiger partial charge in [-0.3, -0.25) is 4.98 Å². The smallest absolute Gasteiger partial charge is 0.0719 e. The van der Waals surface area contributed by atoms with Gasteiger partial charge < -0.3 is 0 Å². The zero-order chi connectivity index (χ0) is 13.5. The van der Waals surface area contributed by atoms with Crippen LogP contribution in [0.25, 0.3) is 31.4 Å². The minimum absolute atomic E-state index is 1.06. The van der Waals surface area contributed by atoms with Gasteiger partial charge in [0.1, 0.15) is 0 Å². The summed E-state index contributed by atoms with van der Waals surface area (Å²) in [6, 6.07) is 19.3. The average Bonchev–Trinajstić information content (AvgIpc) is 2.86. The van der Waals surface area contributed by atoms with Gasteiger partial charge in [0, 0.05) is 31.9 Å². The van der Waals surface area contributed by atoms with E-state index in [1.54, 1.807) is 0 Å². The predicted octanol–water partition coefficient (Wildman–Crippen LogP) is 5.42.